The molecule has 1 atom stereocenters. The first-order valence-electron chi connectivity index (χ1n) is 4.88. The molecule has 0 saturated carbocycles. The summed E-state index contributed by atoms with van der Waals surface area (Å²) in [5, 5.41) is 22.1. The normalized spacial score (nSPS) is 20.1. The van der Waals surface area contributed by atoms with Crippen LogP contribution in [0, 0.1) is 11.3 Å². The van der Waals surface area contributed by atoms with Crippen LogP contribution in [0.2, 0.25) is 5.02 Å². The van der Waals surface area contributed by atoms with Gasteiger partial charge in [0.05, 0.1) is 16.7 Å². The summed E-state index contributed by atoms with van der Waals surface area (Å²) >= 11 is 5.85. The first kappa shape index (κ1) is 10.3. The highest BCUT2D eigenvalue weighted by Gasteiger charge is 2.21. The van der Waals surface area contributed by atoms with Crippen molar-refractivity contribution in [2.45, 2.75) is 18.9 Å². The lowest BCUT2D eigenvalue weighted by Crippen LogP contribution is -2.13. The number of hydrogen-bond donors (Lipinski definition) is 2. The molecule has 0 spiro atoms. The zero-order chi connectivity index (χ0) is 10.8. The topological polar surface area (TPSA) is 56.0 Å². The third-order valence-electron chi connectivity index (χ3n) is 2.66. The smallest absolute Gasteiger partial charge is 0.139 e. The second-order valence-electron chi connectivity index (χ2n) is 3.66. The van der Waals surface area contributed by atoms with Crippen LogP contribution in [-0.2, 0) is 0 Å². The number of nitrogens with zero attached hydrogens (tertiary/aromatic N) is 1. The van der Waals surface area contributed by atoms with E-state index in [-0.39, 0.29) is 16.8 Å². The van der Waals surface area contributed by atoms with Crippen molar-refractivity contribution in [3.05, 3.63) is 28.3 Å². The quantitative estimate of drug-likeness (QED) is 0.767. The molecule has 78 valence electrons. The van der Waals surface area contributed by atoms with Crippen molar-refractivity contribution in [3.8, 4) is 11.8 Å². The fourth-order valence-corrected chi connectivity index (χ4v) is 2.13. The summed E-state index contributed by atoms with van der Waals surface area (Å²) in [4.78, 5) is 0. The Kier molecular flexibility index (Phi) is 2.81. The third kappa shape index (κ3) is 1.92. The second kappa shape index (κ2) is 4.09. The van der Waals surface area contributed by atoms with Gasteiger partial charge in [0.1, 0.15) is 5.75 Å². The van der Waals surface area contributed by atoms with E-state index in [2.05, 4.69) is 5.32 Å². The number of rotatable bonds is 1. The molecule has 1 aromatic carbocycles. The van der Waals surface area contributed by atoms with Gasteiger partial charge in [0.15, 0.2) is 0 Å². The van der Waals surface area contributed by atoms with E-state index in [0.717, 1.165) is 24.9 Å². The molecule has 0 radical (unpaired) electrons. The van der Waals surface area contributed by atoms with Gasteiger partial charge in [-0.15, -0.1) is 0 Å². The van der Waals surface area contributed by atoms with Gasteiger partial charge < -0.3 is 10.4 Å². The van der Waals surface area contributed by atoms with E-state index in [1.807, 2.05) is 6.07 Å². The van der Waals surface area contributed by atoms with Crippen LogP contribution >= 0.6 is 11.6 Å². The van der Waals surface area contributed by atoms with Gasteiger partial charge >= 0.3 is 0 Å². The lowest BCUT2D eigenvalue weighted by molar-refractivity contribution is 0.457. The van der Waals surface area contributed by atoms with E-state index in [0.29, 0.717) is 5.56 Å². The van der Waals surface area contributed by atoms with Crippen molar-refractivity contribution in [2.75, 3.05) is 6.54 Å². The minimum absolute atomic E-state index is 0.0927. The van der Waals surface area contributed by atoms with Crippen LogP contribution in [0.3, 0.4) is 0 Å². The molecule has 0 bridgehead atoms. The highest BCUT2D eigenvalue weighted by atomic mass is 35.5. The Morgan fingerprint density at radius 2 is 2.33 bits per heavy atom. The summed E-state index contributed by atoms with van der Waals surface area (Å²) in [7, 11) is 0. The van der Waals surface area contributed by atoms with Gasteiger partial charge in [-0.25, -0.2) is 0 Å². The molecule has 15 heavy (non-hydrogen) atoms. The van der Waals surface area contributed by atoms with Gasteiger partial charge in [-0.05, 0) is 31.5 Å². The second-order valence-corrected chi connectivity index (χ2v) is 4.06. The molecule has 1 aliphatic rings. The Balaban J connectivity index is 2.45. The number of aromatic hydroxyl groups is 1. The zero-order valence-electron chi connectivity index (χ0n) is 8.13. The molecule has 3 nitrogen and oxygen atoms in total. The maximum absolute atomic E-state index is 9.80. The van der Waals surface area contributed by atoms with Crippen molar-refractivity contribution in [1.29, 1.82) is 5.26 Å². The number of halogens is 1. The monoisotopic (exact) mass is 222 g/mol. The van der Waals surface area contributed by atoms with Crippen LogP contribution in [-0.4, -0.2) is 11.7 Å². The average molecular weight is 223 g/mol. The van der Waals surface area contributed by atoms with E-state index >= 15 is 0 Å². The minimum atomic E-state index is 0.0927. The Hall–Kier alpha value is -1.24. The Bertz CT molecular complexity index is 419. The zero-order valence-corrected chi connectivity index (χ0v) is 8.88. The summed E-state index contributed by atoms with van der Waals surface area (Å²) in [6, 6.07) is 5.34. The Labute approximate surface area is 93.3 Å². The number of phenols is 1. The van der Waals surface area contributed by atoms with Crippen molar-refractivity contribution in [2.24, 2.45) is 0 Å². The van der Waals surface area contributed by atoms with E-state index in [1.165, 1.54) is 6.07 Å². The molecular weight excluding hydrogens is 212 g/mol. The van der Waals surface area contributed by atoms with Crippen LogP contribution < -0.4 is 5.32 Å². The fourth-order valence-electron chi connectivity index (χ4n) is 1.90. The standard InChI is InChI=1S/C11H11ClN2O/c12-9-5-7(6-13)4-8(11(9)15)10-2-1-3-14-10/h4-5,10,14-15H,1-3H2/t10-/m1/s1. The summed E-state index contributed by atoms with van der Waals surface area (Å²) in [6.45, 7) is 0.943. The summed E-state index contributed by atoms with van der Waals surface area (Å²) in [6.07, 6.45) is 2.05. The number of nitrogens with one attached hydrogen (secondary N) is 1. The lowest BCUT2D eigenvalue weighted by atomic mass is 10.0. The molecule has 1 heterocycles. The number of benzene rings is 1. The maximum atomic E-state index is 9.80. The van der Waals surface area contributed by atoms with Crippen LogP contribution in [0.15, 0.2) is 12.1 Å². The fraction of sp³-hybridized carbons (Fsp3) is 0.364. The molecule has 1 aliphatic heterocycles. The highest BCUT2D eigenvalue weighted by molar-refractivity contribution is 6.32. The largest absolute Gasteiger partial charge is 0.506 e. The molecule has 2 rings (SSSR count). The Morgan fingerprint density at radius 1 is 1.53 bits per heavy atom. The highest BCUT2D eigenvalue weighted by Crippen LogP contribution is 2.36. The predicted molar refractivity (Wildman–Crippen MR) is 57.8 cm³/mol. The SMILES string of the molecule is N#Cc1cc(Cl)c(O)c([C@H]2CCCN2)c1. The summed E-state index contributed by atoms with van der Waals surface area (Å²) in [5.74, 6) is 0.0927. The molecule has 0 unspecified atom stereocenters. The number of hydrogen-bond acceptors (Lipinski definition) is 3. The summed E-state index contributed by atoms with van der Waals surface area (Å²) in [5.41, 5.74) is 1.22. The first-order valence-corrected chi connectivity index (χ1v) is 5.26. The molecular formula is C11H11ClN2O. The van der Waals surface area contributed by atoms with Crippen LogP contribution in [0.5, 0.6) is 5.75 Å². The lowest BCUT2D eigenvalue weighted by Gasteiger charge is -2.13. The van der Waals surface area contributed by atoms with Gasteiger partial charge in [0, 0.05) is 11.6 Å². The molecule has 1 saturated heterocycles. The van der Waals surface area contributed by atoms with E-state index in [4.69, 9.17) is 16.9 Å². The molecule has 4 heteroatoms. The van der Waals surface area contributed by atoms with Crippen LogP contribution in [0.25, 0.3) is 0 Å². The predicted octanol–water partition coefficient (Wildman–Crippen LogP) is 2.34. The van der Waals surface area contributed by atoms with E-state index in [9.17, 15) is 5.11 Å². The van der Waals surface area contributed by atoms with Crippen molar-refractivity contribution < 1.29 is 5.11 Å². The van der Waals surface area contributed by atoms with Crippen molar-refractivity contribution in [1.82, 2.24) is 5.32 Å². The van der Waals surface area contributed by atoms with E-state index in [1.54, 1.807) is 6.07 Å². The summed E-state index contributed by atoms with van der Waals surface area (Å²) < 4.78 is 0. The number of nitriles is 1. The van der Waals surface area contributed by atoms with Gasteiger partial charge in [-0.1, -0.05) is 11.6 Å². The van der Waals surface area contributed by atoms with Gasteiger partial charge in [-0.3, -0.25) is 0 Å². The van der Waals surface area contributed by atoms with Crippen molar-refractivity contribution in [3.63, 3.8) is 0 Å². The molecule has 0 aliphatic carbocycles. The van der Waals surface area contributed by atoms with Crippen LogP contribution in [0.4, 0.5) is 0 Å². The van der Waals surface area contributed by atoms with Gasteiger partial charge in [0.2, 0.25) is 0 Å². The van der Waals surface area contributed by atoms with Gasteiger partial charge in [-0.2, -0.15) is 5.26 Å². The maximum Gasteiger partial charge on any atom is 0.139 e. The number of phenolic OH excluding ortho intramolecular Hbond substituents is 1. The van der Waals surface area contributed by atoms with Crippen LogP contribution in [0.1, 0.15) is 30.0 Å². The molecule has 1 aromatic rings. The minimum Gasteiger partial charge on any atom is -0.506 e. The van der Waals surface area contributed by atoms with E-state index < -0.39 is 0 Å². The molecule has 0 amide bonds. The molecule has 0 aromatic heterocycles. The van der Waals surface area contributed by atoms with Gasteiger partial charge in [0.25, 0.3) is 0 Å². The Morgan fingerprint density at radius 3 is 2.93 bits per heavy atom. The average Bonchev–Trinajstić information content (AvgIpc) is 2.75. The van der Waals surface area contributed by atoms with Crippen molar-refractivity contribution >= 4 is 11.6 Å². The first-order chi connectivity index (χ1) is 7.22. The third-order valence-corrected chi connectivity index (χ3v) is 2.95. The molecule has 1 fully saturated rings. The molecule has 2 N–H and O–H groups in total.